The van der Waals surface area contributed by atoms with E-state index in [-0.39, 0.29) is 12.4 Å². The number of hydrogen-bond donors (Lipinski definition) is 0. The molecule has 1 aliphatic rings. The Morgan fingerprint density at radius 1 is 1.29 bits per heavy atom. The van der Waals surface area contributed by atoms with Crippen LogP contribution in [-0.2, 0) is 16.2 Å². The lowest BCUT2D eigenvalue weighted by molar-refractivity contribution is -0.136. The van der Waals surface area contributed by atoms with Crippen molar-refractivity contribution in [3.63, 3.8) is 0 Å². The van der Waals surface area contributed by atoms with Gasteiger partial charge in [0, 0.05) is 0 Å². The standard InChI is InChI=1S/C18H13BrFNO3/c1-11-15(18(22)24-21-11)8-12-5-6-17(16(19)9-12)23-10-13-3-2-4-14(20)7-13/h2-9H,10H2,1H3. The van der Waals surface area contributed by atoms with Crippen LogP contribution in [0.2, 0.25) is 0 Å². The van der Waals surface area contributed by atoms with Crippen LogP contribution in [-0.4, -0.2) is 11.7 Å². The monoisotopic (exact) mass is 389 g/mol. The minimum Gasteiger partial charge on any atom is -0.488 e. The second-order valence-corrected chi connectivity index (χ2v) is 6.08. The van der Waals surface area contributed by atoms with Crippen molar-refractivity contribution in [3.8, 4) is 5.75 Å². The number of benzene rings is 2. The summed E-state index contributed by atoms with van der Waals surface area (Å²) in [6, 6.07) is 11.7. The van der Waals surface area contributed by atoms with Crippen molar-refractivity contribution in [1.29, 1.82) is 0 Å². The zero-order valence-corrected chi connectivity index (χ0v) is 14.3. The summed E-state index contributed by atoms with van der Waals surface area (Å²) in [5.74, 6) is -0.131. The molecule has 24 heavy (non-hydrogen) atoms. The fourth-order valence-electron chi connectivity index (χ4n) is 2.20. The van der Waals surface area contributed by atoms with E-state index in [1.807, 2.05) is 12.1 Å². The topological polar surface area (TPSA) is 47.9 Å². The van der Waals surface area contributed by atoms with Crippen LogP contribution in [0.25, 0.3) is 6.08 Å². The molecule has 2 aromatic carbocycles. The first kappa shape index (κ1) is 16.4. The van der Waals surface area contributed by atoms with E-state index in [0.717, 1.165) is 15.6 Å². The molecule has 0 spiro atoms. The molecule has 0 radical (unpaired) electrons. The molecule has 0 saturated carbocycles. The molecule has 0 bridgehead atoms. The van der Waals surface area contributed by atoms with Crippen molar-refractivity contribution in [2.45, 2.75) is 13.5 Å². The predicted octanol–water partition coefficient (Wildman–Crippen LogP) is 4.48. The number of oxime groups is 1. The molecule has 0 saturated heterocycles. The first-order valence-corrected chi connectivity index (χ1v) is 7.97. The molecule has 3 rings (SSSR count). The van der Waals surface area contributed by atoms with Crippen LogP contribution >= 0.6 is 15.9 Å². The Balaban J connectivity index is 1.74. The zero-order valence-electron chi connectivity index (χ0n) is 12.8. The number of halogens is 2. The molecular weight excluding hydrogens is 377 g/mol. The van der Waals surface area contributed by atoms with E-state index in [9.17, 15) is 9.18 Å². The fraction of sp³-hybridized carbons (Fsp3) is 0.111. The average Bonchev–Trinajstić information content (AvgIpc) is 2.86. The van der Waals surface area contributed by atoms with E-state index >= 15 is 0 Å². The third-order valence-corrected chi connectivity index (χ3v) is 4.05. The van der Waals surface area contributed by atoms with Gasteiger partial charge in [0.15, 0.2) is 0 Å². The lowest BCUT2D eigenvalue weighted by Crippen LogP contribution is -2.01. The molecule has 0 fully saturated rings. The highest BCUT2D eigenvalue weighted by molar-refractivity contribution is 9.10. The lowest BCUT2D eigenvalue weighted by Gasteiger charge is -2.09. The van der Waals surface area contributed by atoms with E-state index < -0.39 is 5.97 Å². The van der Waals surface area contributed by atoms with Gasteiger partial charge >= 0.3 is 5.97 Å². The highest BCUT2D eigenvalue weighted by atomic mass is 79.9. The third-order valence-electron chi connectivity index (χ3n) is 3.43. The number of ether oxygens (including phenoxy) is 1. The molecule has 4 nitrogen and oxygen atoms in total. The van der Waals surface area contributed by atoms with Gasteiger partial charge in [-0.3, -0.25) is 0 Å². The second-order valence-electron chi connectivity index (χ2n) is 5.22. The third kappa shape index (κ3) is 3.71. The van der Waals surface area contributed by atoms with E-state index in [2.05, 4.69) is 25.9 Å². The molecule has 2 aromatic rings. The second kappa shape index (κ2) is 6.97. The van der Waals surface area contributed by atoms with Crippen LogP contribution in [0.15, 0.2) is 57.7 Å². The van der Waals surface area contributed by atoms with Crippen LogP contribution in [0, 0.1) is 5.82 Å². The number of nitrogens with zero attached hydrogens (tertiary/aromatic N) is 1. The minimum absolute atomic E-state index is 0.259. The van der Waals surface area contributed by atoms with Gasteiger partial charge in [-0.2, -0.15) is 0 Å². The van der Waals surface area contributed by atoms with Gasteiger partial charge in [0.05, 0.1) is 15.8 Å². The SMILES string of the molecule is CC1=NOC(=O)C1=Cc1ccc(OCc2cccc(F)c2)c(Br)c1. The van der Waals surface area contributed by atoms with Gasteiger partial charge in [-0.25, -0.2) is 9.18 Å². The summed E-state index contributed by atoms with van der Waals surface area (Å²) in [6.07, 6.45) is 1.70. The van der Waals surface area contributed by atoms with E-state index in [1.165, 1.54) is 12.1 Å². The summed E-state index contributed by atoms with van der Waals surface area (Å²) in [4.78, 5) is 16.2. The summed E-state index contributed by atoms with van der Waals surface area (Å²) < 4.78 is 19.6. The van der Waals surface area contributed by atoms with E-state index in [1.54, 1.807) is 31.2 Å². The van der Waals surface area contributed by atoms with Crippen molar-refractivity contribution in [2.24, 2.45) is 5.16 Å². The summed E-state index contributed by atoms with van der Waals surface area (Å²) in [5, 5.41) is 3.64. The van der Waals surface area contributed by atoms with Gasteiger partial charge in [0.25, 0.3) is 0 Å². The highest BCUT2D eigenvalue weighted by Gasteiger charge is 2.21. The first-order chi connectivity index (χ1) is 11.5. The quantitative estimate of drug-likeness (QED) is 0.571. The highest BCUT2D eigenvalue weighted by Crippen LogP contribution is 2.28. The normalized spacial score (nSPS) is 15.4. The van der Waals surface area contributed by atoms with Crippen molar-refractivity contribution >= 4 is 33.7 Å². The Kier molecular flexibility index (Phi) is 4.76. The maximum absolute atomic E-state index is 13.2. The van der Waals surface area contributed by atoms with Crippen LogP contribution in [0.1, 0.15) is 18.1 Å². The van der Waals surface area contributed by atoms with Crippen molar-refractivity contribution in [1.82, 2.24) is 0 Å². The maximum Gasteiger partial charge on any atom is 0.367 e. The molecule has 1 heterocycles. The van der Waals surface area contributed by atoms with E-state index in [4.69, 9.17) is 4.74 Å². The van der Waals surface area contributed by atoms with Crippen molar-refractivity contribution < 1.29 is 18.8 Å². The van der Waals surface area contributed by atoms with Gasteiger partial charge in [-0.05, 0) is 64.3 Å². The number of hydrogen-bond acceptors (Lipinski definition) is 4. The van der Waals surface area contributed by atoms with Crippen molar-refractivity contribution in [3.05, 3.63) is 69.5 Å². The van der Waals surface area contributed by atoms with Crippen LogP contribution < -0.4 is 4.74 Å². The van der Waals surface area contributed by atoms with Crippen molar-refractivity contribution in [2.75, 3.05) is 0 Å². The molecule has 0 aromatic heterocycles. The molecule has 122 valence electrons. The lowest BCUT2D eigenvalue weighted by atomic mass is 10.1. The summed E-state index contributed by atoms with van der Waals surface area (Å²) in [7, 11) is 0. The Labute approximate surface area is 146 Å². The Morgan fingerprint density at radius 2 is 2.12 bits per heavy atom. The van der Waals surface area contributed by atoms with Gasteiger partial charge in [-0.15, -0.1) is 0 Å². The molecule has 6 heteroatoms. The van der Waals surface area contributed by atoms with E-state index in [0.29, 0.717) is 17.0 Å². The molecule has 1 aliphatic heterocycles. The van der Waals surface area contributed by atoms with Gasteiger partial charge in [0.2, 0.25) is 0 Å². The molecule has 0 unspecified atom stereocenters. The summed E-state index contributed by atoms with van der Waals surface area (Å²) >= 11 is 3.44. The largest absolute Gasteiger partial charge is 0.488 e. The maximum atomic E-state index is 13.2. The smallest absolute Gasteiger partial charge is 0.367 e. The van der Waals surface area contributed by atoms with Crippen LogP contribution in [0.3, 0.4) is 0 Å². The Hall–Kier alpha value is -2.47. The summed E-state index contributed by atoms with van der Waals surface area (Å²) in [5.41, 5.74) is 2.52. The average molecular weight is 390 g/mol. The molecular formula is C18H13BrFNO3. The number of rotatable bonds is 4. The Bertz CT molecular complexity index is 861. The first-order valence-electron chi connectivity index (χ1n) is 7.18. The molecule has 0 amide bonds. The predicted molar refractivity (Wildman–Crippen MR) is 92.1 cm³/mol. The number of carbonyl (C=O) groups is 1. The van der Waals surface area contributed by atoms with Gasteiger partial charge in [-0.1, -0.05) is 23.4 Å². The Morgan fingerprint density at radius 3 is 2.79 bits per heavy atom. The fourth-order valence-corrected chi connectivity index (χ4v) is 2.71. The van der Waals surface area contributed by atoms with Gasteiger partial charge < -0.3 is 9.57 Å². The minimum atomic E-state index is -0.463. The summed E-state index contributed by atoms with van der Waals surface area (Å²) in [6.45, 7) is 1.97. The zero-order chi connectivity index (χ0) is 17.1. The van der Waals surface area contributed by atoms with Gasteiger partial charge in [0.1, 0.15) is 18.2 Å². The number of carbonyl (C=O) groups excluding carboxylic acids is 1. The molecule has 0 atom stereocenters. The van der Waals surface area contributed by atoms with Crippen LogP contribution in [0.5, 0.6) is 5.75 Å². The van der Waals surface area contributed by atoms with Crippen LogP contribution in [0.4, 0.5) is 4.39 Å². The molecule has 0 N–H and O–H groups in total. The molecule has 0 aliphatic carbocycles.